The van der Waals surface area contributed by atoms with Crippen LogP contribution in [0, 0.1) is 23.2 Å². The van der Waals surface area contributed by atoms with Crippen LogP contribution in [0.3, 0.4) is 0 Å². The van der Waals surface area contributed by atoms with E-state index in [1.54, 1.807) is 0 Å². The van der Waals surface area contributed by atoms with Gasteiger partial charge in [0.2, 0.25) is 0 Å². The predicted octanol–water partition coefficient (Wildman–Crippen LogP) is 2.98. The molecule has 3 aliphatic carbocycles. The molecule has 88 valence electrons. The van der Waals surface area contributed by atoms with E-state index in [0.717, 1.165) is 12.8 Å². The first-order chi connectivity index (χ1) is 6.74. The van der Waals surface area contributed by atoms with E-state index in [2.05, 4.69) is 0 Å². The molecule has 2 bridgehead atoms. The van der Waals surface area contributed by atoms with Gasteiger partial charge in [-0.2, -0.15) is 13.2 Å². The van der Waals surface area contributed by atoms with Gasteiger partial charge in [0.15, 0.2) is 6.10 Å². The number of aliphatic hydroxyl groups excluding tert-OH is 1. The molecule has 4 heteroatoms. The largest absolute Gasteiger partial charge is 0.414 e. The summed E-state index contributed by atoms with van der Waals surface area (Å²) in [6.07, 6.45) is -4.35. The van der Waals surface area contributed by atoms with Gasteiger partial charge in [-0.05, 0) is 42.4 Å². The van der Waals surface area contributed by atoms with Crippen molar-refractivity contribution in [1.29, 1.82) is 0 Å². The van der Waals surface area contributed by atoms with Crippen LogP contribution in [0.5, 0.6) is 0 Å². The number of aliphatic hydroxyl groups is 1. The molecule has 0 aromatic carbocycles. The summed E-state index contributed by atoms with van der Waals surface area (Å²) in [5.41, 5.74) is -0.00481. The number of hydrogen-bond donors (Lipinski definition) is 1. The molecule has 3 rings (SSSR count). The van der Waals surface area contributed by atoms with Gasteiger partial charge in [-0.1, -0.05) is 13.8 Å². The van der Waals surface area contributed by atoms with Crippen molar-refractivity contribution in [2.45, 2.75) is 45.4 Å². The molecule has 0 aliphatic heterocycles. The van der Waals surface area contributed by atoms with Crippen LogP contribution in [0.2, 0.25) is 0 Å². The van der Waals surface area contributed by atoms with Gasteiger partial charge in [-0.15, -0.1) is 0 Å². The topological polar surface area (TPSA) is 20.2 Å². The quantitative estimate of drug-likeness (QED) is 0.723. The fraction of sp³-hybridized carbons (Fsp3) is 1.00. The first-order valence-corrected chi connectivity index (χ1v) is 5.49. The molecule has 0 spiro atoms. The van der Waals surface area contributed by atoms with Gasteiger partial charge in [0.05, 0.1) is 0 Å². The molecule has 0 radical (unpaired) electrons. The lowest BCUT2D eigenvalue weighted by Crippen LogP contribution is -2.57. The van der Waals surface area contributed by atoms with Gasteiger partial charge in [0, 0.05) is 0 Å². The number of alkyl halides is 3. The van der Waals surface area contributed by atoms with Gasteiger partial charge >= 0.3 is 6.18 Å². The molecule has 0 heterocycles. The van der Waals surface area contributed by atoms with Gasteiger partial charge in [0.1, 0.15) is 0 Å². The molecular weight excluding hydrogens is 205 g/mol. The van der Waals surface area contributed by atoms with Gasteiger partial charge < -0.3 is 5.11 Å². The Morgan fingerprint density at radius 1 is 1.27 bits per heavy atom. The first kappa shape index (κ1) is 11.2. The van der Waals surface area contributed by atoms with Crippen molar-refractivity contribution >= 4 is 0 Å². The zero-order valence-electron chi connectivity index (χ0n) is 9.01. The molecule has 1 N–H and O–H groups in total. The van der Waals surface area contributed by atoms with Gasteiger partial charge in [0.25, 0.3) is 0 Å². The highest BCUT2D eigenvalue weighted by atomic mass is 19.4. The summed E-state index contributed by atoms with van der Waals surface area (Å²) in [5, 5.41) is 9.31. The standard InChI is InChI=1S/C11H17F3O/c1-10(2)6-3-4-7(8(10)5-6)9(15)11(12,13)14/h6-9,15H,3-5H2,1-2H3/t6?,7?,8?,9-/m0/s1. The lowest BCUT2D eigenvalue weighted by atomic mass is 9.45. The third kappa shape index (κ3) is 1.57. The van der Waals surface area contributed by atoms with E-state index < -0.39 is 18.2 Å². The molecule has 3 aliphatic rings. The molecule has 3 saturated carbocycles. The highest BCUT2D eigenvalue weighted by Gasteiger charge is 2.59. The second-order valence-corrected chi connectivity index (χ2v) is 5.59. The van der Waals surface area contributed by atoms with E-state index in [1.165, 1.54) is 0 Å². The maximum atomic E-state index is 12.4. The average molecular weight is 222 g/mol. The summed E-state index contributed by atoms with van der Waals surface area (Å²) in [5.74, 6) is 0.0389. The average Bonchev–Trinajstić information content (AvgIpc) is 2.15. The minimum atomic E-state index is -4.46. The molecule has 15 heavy (non-hydrogen) atoms. The minimum absolute atomic E-state index is 0.00481. The van der Waals surface area contributed by atoms with Crippen molar-refractivity contribution in [1.82, 2.24) is 0 Å². The summed E-state index contributed by atoms with van der Waals surface area (Å²) >= 11 is 0. The van der Waals surface area contributed by atoms with Crippen molar-refractivity contribution in [3.63, 3.8) is 0 Å². The Labute approximate surface area is 87.7 Å². The van der Waals surface area contributed by atoms with E-state index in [4.69, 9.17) is 0 Å². The number of hydrogen-bond acceptors (Lipinski definition) is 1. The second-order valence-electron chi connectivity index (χ2n) is 5.59. The third-order valence-corrected chi connectivity index (χ3v) is 4.65. The number of rotatable bonds is 1. The molecule has 0 amide bonds. The van der Waals surface area contributed by atoms with E-state index in [9.17, 15) is 18.3 Å². The summed E-state index contributed by atoms with van der Waals surface area (Å²) < 4.78 is 37.3. The molecule has 4 atom stereocenters. The molecule has 3 unspecified atom stereocenters. The number of halogens is 3. The van der Waals surface area contributed by atoms with Gasteiger partial charge in [-0.25, -0.2) is 0 Å². The molecular formula is C11H17F3O. The SMILES string of the molecule is CC1(C)C2CCC([C@H](O)C(F)(F)F)C1C2. The molecule has 0 aromatic rings. The zero-order chi connectivity index (χ0) is 11.4. The van der Waals surface area contributed by atoms with Crippen molar-refractivity contribution in [3.8, 4) is 0 Å². The predicted molar refractivity (Wildman–Crippen MR) is 50.2 cm³/mol. The fourth-order valence-electron chi connectivity index (χ4n) is 3.49. The maximum absolute atomic E-state index is 12.4. The van der Waals surface area contributed by atoms with Crippen LogP contribution in [-0.2, 0) is 0 Å². The third-order valence-electron chi connectivity index (χ3n) is 4.65. The lowest BCUT2D eigenvalue weighted by molar-refractivity contribution is -0.251. The normalized spacial score (nSPS) is 40.8. The Kier molecular flexibility index (Phi) is 2.34. The van der Waals surface area contributed by atoms with Crippen LogP contribution in [0.4, 0.5) is 13.2 Å². The zero-order valence-corrected chi connectivity index (χ0v) is 9.01. The monoisotopic (exact) mass is 222 g/mol. The smallest absolute Gasteiger partial charge is 0.383 e. The Bertz CT molecular complexity index is 255. The van der Waals surface area contributed by atoms with Crippen LogP contribution in [0.1, 0.15) is 33.1 Å². The van der Waals surface area contributed by atoms with E-state index in [1.807, 2.05) is 13.8 Å². The van der Waals surface area contributed by atoms with Crippen LogP contribution >= 0.6 is 0 Å². The summed E-state index contributed by atoms with van der Waals surface area (Å²) in [6.45, 7) is 4.06. The van der Waals surface area contributed by atoms with E-state index >= 15 is 0 Å². The summed E-state index contributed by atoms with van der Waals surface area (Å²) in [7, 11) is 0. The Balaban J connectivity index is 2.11. The van der Waals surface area contributed by atoms with Crippen LogP contribution < -0.4 is 0 Å². The summed E-state index contributed by atoms with van der Waals surface area (Å²) in [4.78, 5) is 0. The van der Waals surface area contributed by atoms with E-state index in [0.29, 0.717) is 12.3 Å². The highest BCUT2D eigenvalue weighted by Crippen LogP contribution is 2.62. The second kappa shape index (κ2) is 3.12. The van der Waals surface area contributed by atoms with Crippen molar-refractivity contribution < 1.29 is 18.3 Å². The van der Waals surface area contributed by atoms with E-state index in [-0.39, 0.29) is 11.3 Å². The fourth-order valence-corrected chi connectivity index (χ4v) is 3.49. The summed E-state index contributed by atoms with van der Waals surface area (Å²) in [6, 6.07) is 0. The van der Waals surface area contributed by atoms with Crippen molar-refractivity contribution in [2.24, 2.45) is 23.2 Å². The molecule has 1 nitrogen and oxygen atoms in total. The minimum Gasteiger partial charge on any atom is -0.383 e. The van der Waals surface area contributed by atoms with Crippen molar-refractivity contribution in [2.75, 3.05) is 0 Å². The number of fused-ring (bicyclic) bond motifs is 2. The Hall–Kier alpha value is -0.250. The molecule has 3 fully saturated rings. The lowest BCUT2D eigenvalue weighted by Gasteiger charge is -2.61. The van der Waals surface area contributed by atoms with Crippen LogP contribution in [0.15, 0.2) is 0 Å². The Morgan fingerprint density at radius 3 is 2.27 bits per heavy atom. The maximum Gasteiger partial charge on any atom is 0.414 e. The van der Waals surface area contributed by atoms with Crippen LogP contribution in [-0.4, -0.2) is 17.4 Å². The van der Waals surface area contributed by atoms with Crippen LogP contribution in [0.25, 0.3) is 0 Å². The van der Waals surface area contributed by atoms with Crippen molar-refractivity contribution in [3.05, 3.63) is 0 Å². The Morgan fingerprint density at radius 2 is 1.87 bits per heavy atom. The van der Waals surface area contributed by atoms with Gasteiger partial charge in [-0.3, -0.25) is 0 Å². The highest BCUT2D eigenvalue weighted by molar-refractivity contribution is 5.05. The first-order valence-electron chi connectivity index (χ1n) is 5.49. The molecule has 0 aromatic heterocycles. The molecule has 0 saturated heterocycles.